The molecular weight excluding hydrogens is 375 g/mol. The van der Waals surface area contributed by atoms with Crippen LogP contribution in [0.3, 0.4) is 0 Å². The molecule has 0 aromatic heterocycles. The lowest BCUT2D eigenvalue weighted by molar-refractivity contribution is 0.0926. The molecule has 1 aromatic rings. The third-order valence-corrected chi connectivity index (χ3v) is 5.02. The second-order valence-corrected chi connectivity index (χ2v) is 6.98. The summed E-state index contributed by atoms with van der Waals surface area (Å²) in [7, 11) is 2.15. The molecule has 3 rings (SSSR count). The first-order valence-electron chi connectivity index (χ1n) is 8.78. The minimum atomic E-state index is -0.367. The Bertz CT molecular complexity index is 568. The van der Waals surface area contributed by atoms with E-state index in [9.17, 15) is 9.90 Å². The van der Waals surface area contributed by atoms with Crippen LogP contribution in [0.1, 0.15) is 15.9 Å². The molecular formula is C18H30Cl2N4O2. The third-order valence-electron chi connectivity index (χ3n) is 5.02. The molecule has 1 amide bonds. The lowest BCUT2D eigenvalue weighted by Gasteiger charge is -2.32. The van der Waals surface area contributed by atoms with Gasteiger partial charge in [-0.15, -0.1) is 24.8 Å². The van der Waals surface area contributed by atoms with Gasteiger partial charge in [0.2, 0.25) is 0 Å². The largest absolute Gasteiger partial charge is 0.391 e. The summed E-state index contributed by atoms with van der Waals surface area (Å²) in [5.41, 5.74) is 1.87. The van der Waals surface area contributed by atoms with Crippen molar-refractivity contribution in [2.45, 2.75) is 12.6 Å². The smallest absolute Gasteiger partial charge is 0.251 e. The average Bonchev–Trinajstić information content (AvgIpc) is 3.00. The molecule has 2 unspecified atom stereocenters. The van der Waals surface area contributed by atoms with Gasteiger partial charge in [0.05, 0.1) is 6.10 Å². The fourth-order valence-corrected chi connectivity index (χ4v) is 3.33. The van der Waals surface area contributed by atoms with Crippen molar-refractivity contribution in [2.24, 2.45) is 5.92 Å². The molecule has 2 heterocycles. The second-order valence-electron chi connectivity index (χ2n) is 6.98. The molecule has 0 spiro atoms. The number of β-amino-alcohol motifs (C(OH)–C–C–N with tert-alkyl or cyclic N) is 1. The Morgan fingerprint density at radius 3 is 2.62 bits per heavy atom. The highest BCUT2D eigenvalue weighted by Crippen LogP contribution is 2.11. The van der Waals surface area contributed by atoms with Crippen LogP contribution in [0.2, 0.25) is 0 Å². The SMILES string of the molecule is CN1CCN(Cc2cccc(C(=O)NCC3CNCC3O)c2)CC1.Cl.Cl. The first-order chi connectivity index (χ1) is 11.6. The van der Waals surface area contributed by atoms with Crippen molar-refractivity contribution in [3.8, 4) is 0 Å². The van der Waals surface area contributed by atoms with Crippen LogP contribution in [0.25, 0.3) is 0 Å². The summed E-state index contributed by atoms with van der Waals surface area (Å²) in [6, 6.07) is 7.87. The zero-order valence-corrected chi connectivity index (χ0v) is 16.8. The molecule has 1 aromatic carbocycles. The van der Waals surface area contributed by atoms with E-state index in [2.05, 4.69) is 33.5 Å². The molecule has 0 saturated carbocycles. The maximum atomic E-state index is 12.4. The summed E-state index contributed by atoms with van der Waals surface area (Å²) in [4.78, 5) is 17.1. The molecule has 2 fully saturated rings. The fraction of sp³-hybridized carbons (Fsp3) is 0.611. The molecule has 2 aliphatic rings. The number of carbonyl (C=O) groups excluding carboxylic acids is 1. The Labute approximate surface area is 168 Å². The van der Waals surface area contributed by atoms with Crippen LogP contribution < -0.4 is 10.6 Å². The van der Waals surface area contributed by atoms with E-state index >= 15 is 0 Å². The van der Waals surface area contributed by atoms with Crippen molar-refractivity contribution < 1.29 is 9.90 Å². The maximum Gasteiger partial charge on any atom is 0.251 e. The summed E-state index contributed by atoms with van der Waals surface area (Å²) in [5.74, 6) is 0.0387. The minimum absolute atomic E-state index is 0. The number of piperazine rings is 1. The number of rotatable bonds is 5. The monoisotopic (exact) mass is 404 g/mol. The summed E-state index contributed by atoms with van der Waals surface area (Å²) in [5, 5.41) is 15.9. The number of halogens is 2. The molecule has 8 heteroatoms. The predicted molar refractivity (Wildman–Crippen MR) is 108 cm³/mol. The highest BCUT2D eigenvalue weighted by Gasteiger charge is 2.25. The van der Waals surface area contributed by atoms with E-state index in [4.69, 9.17) is 0 Å². The number of nitrogens with zero attached hydrogens (tertiary/aromatic N) is 2. The first-order valence-corrected chi connectivity index (χ1v) is 8.78. The van der Waals surface area contributed by atoms with Crippen LogP contribution >= 0.6 is 24.8 Å². The number of nitrogens with one attached hydrogen (secondary N) is 2. The van der Waals surface area contributed by atoms with Gasteiger partial charge in [-0.25, -0.2) is 0 Å². The minimum Gasteiger partial charge on any atom is -0.391 e. The first kappa shape index (κ1) is 23.1. The lowest BCUT2D eigenvalue weighted by atomic mass is 10.1. The van der Waals surface area contributed by atoms with Crippen LogP contribution in [-0.4, -0.2) is 79.8 Å². The van der Waals surface area contributed by atoms with Gasteiger partial charge >= 0.3 is 0 Å². The highest BCUT2D eigenvalue weighted by atomic mass is 35.5. The molecule has 0 aliphatic carbocycles. The van der Waals surface area contributed by atoms with Crippen molar-refractivity contribution in [3.05, 3.63) is 35.4 Å². The van der Waals surface area contributed by atoms with Crippen molar-refractivity contribution in [2.75, 3.05) is 52.9 Å². The van der Waals surface area contributed by atoms with Gasteiger partial charge in [-0.1, -0.05) is 12.1 Å². The Kier molecular flexibility index (Phi) is 9.85. The molecule has 26 heavy (non-hydrogen) atoms. The summed E-state index contributed by atoms with van der Waals surface area (Å²) < 4.78 is 0. The Morgan fingerprint density at radius 1 is 1.23 bits per heavy atom. The topological polar surface area (TPSA) is 67.8 Å². The van der Waals surface area contributed by atoms with Crippen LogP contribution in [0.4, 0.5) is 0 Å². The molecule has 3 N–H and O–H groups in total. The van der Waals surface area contributed by atoms with Crippen LogP contribution in [0.5, 0.6) is 0 Å². The zero-order valence-electron chi connectivity index (χ0n) is 15.2. The maximum absolute atomic E-state index is 12.4. The molecule has 0 bridgehead atoms. The van der Waals surface area contributed by atoms with Gasteiger partial charge in [0.25, 0.3) is 5.91 Å². The number of aliphatic hydroxyl groups excluding tert-OH is 1. The number of hydrogen-bond donors (Lipinski definition) is 3. The van der Waals surface area contributed by atoms with Gasteiger partial charge in [-0.3, -0.25) is 9.69 Å². The van der Waals surface area contributed by atoms with E-state index in [-0.39, 0.29) is 42.7 Å². The number of carbonyl (C=O) groups is 1. The number of likely N-dealkylation sites (N-methyl/N-ethyl adjacent to an activating group) is 1. The quantitative estimate of drug-likeness (QED) is 0.669. The molecule has 6 nitrogen and oxygen atoms in total. The number of benzene rings is 1. The molecule has 148 valence electrons. The molecule has 2 atom stereocenters. The third kappa shape index (κ3) is 6.37. The van der Waals surface area contributed by atoms with E-state index in [1.54, 1.807) is 0 Å². The van der Waals surface area contributed by atoms with Gasteiger partial charge in [-0.2, -0.15) is 0 Å². The summed E-state index contributed by atoms with van der Waals surface area (Å²) in [6.45, 7) is 7.09. The average molecular weight is 405 g/mol. The van der Waals surface area contributed by atoms with Crippen LogP contribution in [0.15, 0.2) is 24.3 Å². The molecule has 0 radical (unpaired) electrons. The Morgan fingerprint density at radius 2 is 1.96 bits per heavy atom. The van der Waals surface area contributed by atoms with Crippen LogP contribution in [-0.2, 0) is 6.54 Å². The summed E-state index contributed by atoms with van der Waals surface area (Å²) in [6.07, 6.45) is -0.367. The van der Waals surface area contributed by atoms with E-state index in [0.29, 0.717) is 18.7 Å². The number of amides is 1. The molecule has 2 aliphatic heterocycles. The van der Waals surface area contributed by atoms with Crippen molar-refractivity contribution in [1.29, 1.82) is 0 Å². The van der Waals surface area contributed by atoms with Gasteiger partial charge in [-0.05, 0) is 24.7 Å². The standard InChI is InChI=1S/C18H28N4O2.2ClH/c1-21-5-7-22(8-6-21)13-14-3-2-4-15(9-14)18(24)20-11-16-10-19-12-17(16)23;;/h2-4,9,16-17,19,23H,5-8,10-13H2,1H3,(H,20,24);2*1H. The van der Waals surface area contributed by atoms with Gasteiger partial charge in [0.1, 0.15) is 0 Å². The molecule has 2 saturated heterocycles. The van der Waals surface area contributed by atoms with E-state index in [1.807, 2.05) is 18.2 Å². The van der Waals surface area contributed by atoms with Crippen LogP contribution in [0, 0.1) is 5.92 Å². The normalized spacial score (nSPS) is 23.8. The van der Waals surface area contributed by atoms with E-state index in [0.717, 1.165) is 39.3 Å². The lowest BCUT2D eigenvalue weighted by Crippen LogP contribution is -2.43. The zero-order chi connectivity index (χ0) is 16.9. The second kappa shape index (κ2) is 11.1. The predicted octanol–water partition coefficient (Wildman–Crippen LogP) is 0.588. The Hall–Kier alpha value is -0.890. The van der Waals surface area contributed by atoms with Gasteiger partial charge in [0, 0.05) is 63.8 Å². The number of aliphatic hydroxyl groups is 1. The highest BCUT2D eigenvalue weighted by molar-refractivity contribution is 5.94. The Balaban J connectivity index is 0.00000169. The fourth-order valence-electron chi connectivity index (χ4n) is 3.33. The summed E-state index contributed by atoms with van der Waals surface area (Å²) >= 11 is 0. The van der Waals surface area contributed by atoms with Crippen molar-refractivity contribution >= 4 is 30.7 Å². The number of hydrogen-bond acceptors (Lipinski definition) is 5. The van der Waals surface area contributed by atoms with Crippen molar-refractivity contribution in [1.82, 2.24) is 20.4 Å². The van der Waals surface area contributed by atoms with Gasteiger partial charge in [0.15, 0.2) is 0 Å². The van der Waals surface area contributed by atoms with E-state index < -0.39 is 0 Å². The van der Waals surface area contributed by atoms with E-state index in [1.165, 1.54) is 5.56 Å². The van der Waals surface area contributed by atoms with Gasteiger partial charge < -0.3 is 20.6 Å². The van der Waals surface area contributed by atoms with Crippen molar-refractivity contribution in [3.63, 3.8) is 0 Å².